The first kappa shape index (κ1) is 12.6. The van der Waals surface area contributed by atoms with Gasteiger partial charge in [0.15, 0.2) is 5.69 Å². The van der Waals surface area contributed by atoms with Crippen LogP contribution in [0, 0.1) is 0 Å². The molecule has 0 saturated carbocycles. The summed E-state index contributed by atoms with van der Waals surface area (Å²) in [6.07, 6.45) is 5.03. The summed E-state index contributed by atoms with van der Waals surface area (Å²) in [6.45, 7) is 0. The maximum Gasteiger partial charge on any atom is 0.274 e. The van der Waals surface area contributed by atoms with Crippen molar-refractivity contribution in [3.8, 4) is 0 Å². The number of likely N-dealkylation sites (N-methyl/N-ethyl adjacent to an activating group) is 1. The summed E-state index contributed by atoms with van der Waals surface area (Å²) in [5.41, 5.74) is 5.67. The van der Waals surface area contributed by atoms with Crippen molar-refractivity contribution in [2.75, 3.05) is 7.05 Å². The average Bonchev–Trinajstić information content (AvgIpc) is 3.19. The molecule has 1 aromatic carbocycles. The number of fused-ring (bicyclic) bond motifs is 2. The van der Waals surface area contributed by atoms with Crippen molar-refractivity contribution >= 4 is 5.91 Å². The van der Waals surface area contributed by atoms with Crippen LogP contribution in [0.4, 0.5) is 0 Å². The maximum absolute atomic E-state index is 12.7. The number of nitrogens with one attached hydrogen (secondary N) is 1. The summed E-state index contributed by atoms with van der Waals surface area (Å²) in [4.78, 5) is 14.6. The zero-order valence-corrected chi connectivity index (χ0v) is 12.2. The minimum absolute atomic E-state index is 0.0622. The minimum atomic E-state index is 0.0622. The number of aromatic amines is 1. The molecule has 0 radical (unpaired) electrons. The molecular weight excluding hydrogens is 262 g/mol. The Labute approximate surface area is 124 Å². The third kappa shape index (κ3) is 1.97. The van der Waals surface area contributed by atoms with Gasteiger partial charge in [-0.05, 0) is 43.2 Å². The van der Waals surface area contributed by atoms with Crippen LogP contribution in [-0.2, 0) is 25.7 Å². The molecule has 1 heterocycles. The first-order chi connectivity index (χ1) is 10.2. The summed E-state index contributed by atoms with van der Waals surface area (Å²) in [5, 5.41) is 7.30. The van der Waals surface area contributed by atoms with Crippen molar-refractivity contribution < 1.29 is 4.79 Å². The van der Waals surface area contributed by atoms with E-state index in [1.165, 1.54) is 11.1 Å². The lowest BCUT2D eigenvalue weighted by Gasteiger charge is -2.23. The standard InChI is InChI=1S/C17H19N3O/c1-20(13-9-11-5-2-3-6-12(11)10-13)17(21)16-14-7-4-8-15(14)18-19-16/h2-3,5-6,13H,4,7-10H2,1H3,(H,18,19). The van der Waals surface area contributed by atoms with Gasteiger partial charge in [0.05, 0.1) is 0 Å². The van der Waals surface area contributed by atoms with Crippen molar-refractivity contribution in [3.63, 3.8) is 0 Å². The summed E-state index contributed by atoms with van der Waals surface area (Å²) >= 11 is 0. The van der Waals surface area contributed by atoms with Crippen molar-refractivity contribution in [2.24, 2.45) is 0 Å². The molecule has 0 aliphatic heterocycles. The number of carbonyl (C=O) groups excluding carboxylic acids is 1. The number of hydrogen-bond acceptors (Lipinski definition) is 2. The molecule has 4 nitrogen and oxygen atoms in total. The molecule has 0 fully saturated rings. The number of rotatable bonds is 2. The van der Waals surface area contributed by atoms with Crippen LogP contribution in [0.2, 0.25) is 0 Å². The van der Waals surface area contributed by atoms with Crippen molar-refractivity contribution in [3.05, 3.63) is 52.3 Å². The first-order valence-corrected chi connectivity index (χ1v) is 7.64. The zero-order valence-electron chi connectivity index (χ0n) is 12.2. The number of benzene rings is 1. The number of aromatic nitrogens is 2. The van der Waals surface area contributed by atoms with Gasteiger partial charge in [0.1, 0.15) is 0 Å². The quantitative estimate of drug-likeness (QED) is 0.917. The number of hydrogen-bond donors (Lipinski definition) is 1. The molecule has 2 aliphatic rings. The Balaban J connectivity index is 1.56. The van der Waals surface area contributed by atoms with E-state index in [4.69, 9.17) is 0 Å². The van der Waals surface area contributed by atoms with Crippen LogP contribution in [0.3, 0.4) is 0 Å². The van der Waals surface area contributed by atoms with Gasteiger partial charge in [-0.3, -0.25) is 9.89 Å². The van der Waals surface area contributed by atoms with Gasteiger partial charge >= 0.3 is 0 Å². The van der Waals surface area contributed by atoms with Crippen LogP contribution >= 0.6 is 0 Å². The fraction of sp³-hybridized carbons (Fsp3) is 0.412. The molecule has 4 heteroatoms. The Morgan fingerprint density at radius 3 is 2.67 bits per heavy atom. The summed E-state index contributed by atoms with van der Waals surface area (Å²) in [6, 6.07) is 8.73. The van der Waals surface area contributed by atoms with Crippen molar-refractivity contribution in [1.29, 1.82) is 0 Å². The average molecular weight is 281 g/mol. The highest BCUT2D eigenvalue weighted by atomic mass is 16.2. The van der Waals surface area contributed by atoms with Gasteiger partial charge < -0.3 is 4.90 Å². The molecule has 0 atom stereocenters. The minimum Gasteiger partial charge on any atom is -0.337 e. The van der Waals surface area contributed by atoms with E-state index < -0.39 is 0 Å². The molecule has 1 aromatic heterocycles. The van der Waals surface area contributed by atoms with E-state index in [1.54, 1.807) is 0 Å². The SMILES string of the molecule is CN(C(=O)c1n[nH]c2c1CCC2)C1Cc2ccccc2C1. The second-order valence-electron chi connectivity index (χ2n) is 6.13. The van der Waals surface area contributed by atoms with E-state index in [2.05, 4.69) is 34.5 Å². The smallest absolute Gasteiger partial charge is 0.274 e. The second kappa shape index (κ2) is 4.72. The van der Waals surface area contributed by atoms with E-state index in [0.29, 0.717) is 5.69 Å². The molecule has 1 N–H and O–H groups in total. The van der Waals surface area contributed by atoms with Gasteiger partial charge in [-0.25, -0.2) is 0 Å². The second-order valence-corrected chi connectivity index (χ2v) is 6.13. The lowest BCUT2D eigenvalue weighted by molar-refractivity contribution is 0.0730. The highest BCUT2D eigenvalue weighted by Gasteiger charge is 2.31. The predicted octanol–water partition coefficient (Wildman–Crippen LogP) is 2.14. The van der Waals surface area contributed by atoms with Crippen LogP contribution < -0.4 is 0 Å². The normalized spacial score (nSPS) is 16.8. The van der Waals surface area contributed by atoms with Gasteiger partial charge in [-0.15, -0.1) is 0 Å². The van der Waals surface area contributed by atoms with Crippen LogP contribution in [0.25, 0.3) is 0 Å². The highest BCUT2D eigenvalue weighted by Crippen LogP contribution is 2.28. The Hall–Kier alpha value is -2.10. The van der Waals surface area contributed by atoms with Crippen LogP contribution in [0.15, 0.2) is 24.3 Å². The number of amides is 1. The molecule has 0 saturated heterocycles. The fourth-order valence-corrected chi connectivity index (χ4v) is 3.64. The van der Waals surface area contributed by atoms with Gasteiger partial charge in [0.25, 0.3) is 5.91 Å². The number of H-pyrrole nitrogens is 1. The van der Waals surface area contributed by atoms with Crippen LogP contribution in [0.5, 0.6) is 0 Å². The molecule has 0 bridgehead atoms. The Morgan fingerprint density at radius 1 is 1.24 bits per heavy atom. The monoisotopic (exact) mass is 281 g/mol. The maximum atomic E-state index is 12.7. The number of aryl methyl sites for hydroxylation is 1. The molecular formula is C17H19N3O. The van der Waals surface area contributed by atoms with Gasteiger partial charge in [-0.2, -0.15) is 5.10 Å². The van der Waals surface area contributed by atoms with E-state index in [1.807, 2.05) is 11.9 Å². The Morgan fingerprint density at radius 2 is 1.95 bits per heavy atom. The summed E-state index contributed by atoms with van der Waals surface area (Å²) in [5.74, 6) is 0.0622. The lowest BCUT2D eigenvalue weighted by Crippen LogP contribution is -2.38. The van der Waals surface area contributed by atoms with Crippen molar-refractivity contribution in [1.82, 2.24) is 15.1 Å². The van der Waals surface area contributed by atoms with E-state index in [9.17, 15) is 4.79 Å². The van der Waals surface area contributed by atoms with Crippen LogP contribution in [-0.4, -0.2) is 34.1 Å². The number of nitrogens with zero attached hydrogens (tertiary/aromatic N) is 2. The topological polar surface area (TPSA) is 49.0 Å². The Bertz CT molecular complexity index is 679. The lowest BCUT2D eigenvalue weighted by atomic mass is 10.1. The van der Waals surface area contributed by atoms with Gasteiger partial charge in [0.2, 0.25) is 0 Å². The molecule has 2 aliphatic carbocycles. The zero-order chi connectivity index (χ0) is 14.4. The van der Waals surface area contributed by atoms with Crippen LogP contribution in [0.1, 0.15) is 39.3 Å². The van der Waals surface area contributed by atoms with E-state index in [0.717, 1.165) is 43.4 Å². The predicted molar refractivity (Wildman–Crippen MR) is 80.3 cm³/mol. The molecule has 0 unspecified atom stereocenters. The molecule has 0 spiro atoms. The first-order valence-electron chi connectivity index (χ1n) is 7.64. The van der Waals surface area contributed by atoms with Gasteiger partial charge in [0, 0.05) is 24.3 Å². The molecule has 21 heavy (non-hydrogen) atoms. The van der Waals surface area contributed by atoms with E-state index in [-0.39, 0.29) is 11.9 Å². The number of carbonyl (C=O) groups is 1. The third-order valence-corrected chi connectivity index (χ3v) is 4.91. The molecule has 2 aromatic rings. The fourth-order valence-electron chi connectivity index (χ4n) is 3.64. The van der Waals surface area contributed by atoms with Crippen molar-refractivity contribution in [2.45, 2.75) is 38.1 Å². The van der Waals surface area contributed by atoms with E-state index >= 15 is 0 Å². The molecule has 108 valence electrons. The van der Waals surface area contributed by atoms with Gasteiger partial charge in [-0.1, -0.05) is 24.3 Å². The largest absolute Gasteiger partial charge is 0.337 e. The summed E-state index contributed by atoms with van der Waals surface area (Å²) < 4.78 is 0. The molecule has 1 amide bonds. The Kier molecular flexibility index (Phi) is 2.84. The molecule has 4 rings (SSSR count). The third-order valence-electron chi connectivity index (χ3n) is 4.91. The highest BCUT2D eigenvalue weighted by molar-refractivity contribution is 5.94. The summed E-state index contributed by atoms with van der Waals surface area (Å²) in [7, 11) is 1.91.